The van der Waals surface area contributed by atoms with Crippen LogP contribution in [0.1, 0.15) is 47.0 Å². The first-order valence-electron chi connectivity index (χ1n) is 6.50. The highest BCUT2D eigenvalue weighted by atomic mass is 16.7. The Kier molecular flexibility index (Phi) is 5.23. The lowest BCUT2D eigenvalue weighted by Gasteiger charge is -2.32. The van der Waals surface area contributed by atoms with Crippen LogP contribution in [0.4, 0.5) is 0 Å². The third kappa shape index (κ3) is 4.13. The van der Waals surface area contributed by atoms with E-state index < -0.39 is 0 Å². The molecule has 1 N–H and O–H groups in total. The van der Waals surface area contributed by atoms with Crippen LogP contribution in [0.2, 0.25) is 6.32 Å². The molecule has 0 unspecified atom stereocenters. The molecule has 0 atom stereocenters. The average Bonchev–Trinajstić information content (AvgIpc) is 2.41. The number of hydrogen-bond donors (Lipinski definition) is 1. The van der Waals surface area contributed by atoms with E-state index in [4.69, 9.17) is 14.4 Å². The van der Waals surface area contributed by atoms with Crippen LogP contribution in [0.3, 0.4) is 0 Å². The lowest BCUT2D eigenvalue weighted by Crippen LogP contribution is -2.41. The third-order valence-electron chi connectivity index (χ3n) is 3.63. The van der Waals surface area contributed by atoms with Crippen molar-refractivity contribution in [3.63, 3.8) is 0 Å². The maximum atomic E-state index is 8.58. The SMILES string of the molecule is CC1(C)OB(CCCC/C=C/CO)OC1(C)C. The van der Waals surface area contributed by atoms with E-state index in [1.54, 1.807) is 6.08 Å². The minimum atomic E-state index is -0.214. The van der Waals surface area contributed by atoms with Crippen LogP contribution in [-0.4, -0.2) is 30.0 Å². The van der Waals surface area contributed by atoms with Gasteiger partial charge in [0.1, 0.15) is 0 Å². The van der Waals surface area contributed by atoms with Crippen LogP contribution in [0.5, 0.6) is 0 Å². The first kappa shape index (κ1) is 14.7. The maximum absolute atomic E-state index is 8.58. The van der Waals surface area contributed by atoms with Gasteiger partial charge in [-0.2, -0.15) is 0 Å². The summed E-state index contributed by atoms with van der Waals surface area (Å²) >= 11 is 0. The summed E-state index contributed by atoms with van der Waals surface area (Å²) in [5, 5.41) is 8.58. The van der Waals surface area contributed by atoms with Crippen LogP contribution in [-0.2, 0) is 9.31 Å². The van der Waals surface area contributed by atoms with E-state index in [1.165, 1.54) is 0 Å². The number of unbranched alkanes of at least 4 members (excludes halogenated alkanes) is 2. The van der Waals surface area contributed by atoms with Gasteiger partial charge in [-0.05, 0) is 40.4 Å². The Morgan fingerprint density at radius 3 is 2.12 bits per heavy atom. The fourth-order valence-electron chi connectivity index (χ4n) is 1.85. The van der Waals surface area contributed by atoms with Gasteiger partial charge in [-0.25, -0.2) is 0 Å². The van der Waals surface area contributed by atoms with Crippen LogP contribution in [0.25, 0.3) is 0 Å². The molecule has 0 amide bonds. The Balaban J connectivity index is 2.20. The van der Waals surface area contributed by atoms with Crippen molar-refractivity contribution in [2.75, 3.05) is 6.61 Å². The predicted octanol–water partition coefficient (Wildman–Crippen LogP) is 2.80. The molecule has 0 aliphatic carbocycles. The molecule has 0 spiro atoms. The number of aliphatic hydroxyl groups excluding tert-OH is 1. The Morgan fingerprint density at radius 1 is 1.00 bits per heavy atom. The second-order valence-electron chi connectivity index (χ2n) is 5.62. The summed E-state index contributed by atoms with van der Waals surface area (Å²) in [6, 6.07) is 0. The first-order chi connectivity index (χ1) is 7.89. The second kappa shape index (κ2) is 6.03. The zero-order valence-electron chi connectivity index (χ0n) is 11.5. The van der Waals surface area contributed by atoms with Crippen molar-refractivity contribution in [2.24, 2.45) is 0 Å². The van der Waals surface area contributed by atoms with Gasteiger partial charge in [-0.15, -0.1) is 0 Å². The van der Waals surface area contributed by atoms with Gasteiger partial charge in [0.2, 0.25) is 0 Å². The lowest BCUT2D eigenvalue weighted by atomic mass is 9.82. The number of allylic oxidation sites excluding steroid dienone is 1. The fraction of sp³-hybridized carbons (Fsp3) is 0.846. The van der Waals surface area contributed by atoms with Gasteiger partial charge in [0.25, 0.3) is 0 Å². The monoisotopic (exact) mass is 240 g/mol. The Hall–Kier alpha value is -0.315. The van der Waals surface area contributed by atoms with Gasteiger partial charge < -0.3 is 14.4 Å². The van der Waals surface area contributed by atoms with E-state index in [-0.39, 0.29) is 24.9 Å². The molecule has 0 saturated carbocycles. The van der Waals surface area contributed by atoms with Gasteiger partial charge in [0.15, 0.2) is 0 Å². The van der Waals surface area contributed by atoms with Crippen LogP contribution < -0.4 is 0 Å². The second-order valence-corrected chi connectivity index (χ2v) is 5.62. The number of rotatable bonds is 6. The van der Waals surface area contributed by atoms with E-state index in [9.17, 15) is 0 Å². The predicted molar refractivity (Wildman–Crippen MR) is 71.0 cm³/mol. The summed E-state index contributed by atoms with van der Waals surface area (Å²) in [4.78, 5) is 0. The molecule has 0 aromatic rings. The molecular weight excluding hydrogens is 215 g/mol. The van der Waals surface area contributed by atoms with Gasteiger partial charge in [-0.3, -0.25) is 0 Å². The highest BCUT2D eigenvalue weighted by molar-refractivity contribution is 6.45. The van der Waals surface area contributed by atoms with Crippen LogP contribution >= 0.6 is 0 Å². The van der Waals surface area contributed by atoms with Gasteiger partial charge in [-0.1, -0.05) is 25.0 Å². The van der Waals surface area contributed by atoms with Crippen molar-refractivity contribution in [3.05, 3.63) is 12.2 Å². The van der Waals surface area contributed by atoms with Crippen molar-refractivity contribution < 1.29 is 14.4 Å². The molecule has 0 radical (unpaired) electrons. The number of hydrogen-bond acceptors (Lipinski definition) is 3. The summed E-state index contributed by atoms with van der Waals surface area (Å²) in [7, 11) is -0.0678. The molecule has 1 aliphatic heterocycles. The molecule has 0 aromatic heterocycles. The van der Waals surface area contributed by atoms with Crippen molar-refractivity contribution in [3.8, 4) is 0 Å². The molecule has 0 aromatic carbocycles. The van der Waals surface area contributed by atoms with E-state index >= 15 is 0 Å². The van der Waals surface area contributed by atoms with Crippen LogP contribution in [0, 0.1) is 0 Å². The van der Waals surface area contributed by atoms with E-state index in [0.717, 1.165) is 25.6 Å². The quantitative estimate of drug-likeness (QED) is 0.440. The van der Waals surface area contributed by atoms with Crippen LogP contribution in [0.15, 0.2) is 12.2 Å². The Morgan fingerprint density at radius 2 is 1.59 bits per heavy atom. The van der Waals surface area contributed by atoms with Crippen molar-refractivity contribution in [1.29, 1.82) is 0 Å². The third-order valence-corrected chi connectivity index (χ3v) is 3.63. The molecule has 3 nitrogen and oxygen atoms in total. The zero-order valence-corrected chi connectivity index (χ0v) is 11.5. The summed E-state index contributed by atoms with van der Waals surface area (Å²) in [6.07, 6.45) is 7.96. The summed E-state index contributed by atoms with van der Waals surface area (Å²) in [5.74, 6) is 0. The number of aliphatic hydroxyl groups is 1. The molecule has 4 heteroatoms. The topological polar surface area (TPSA) is 38.7 Å². The molecule has 98 valence electrons. The highest BCUT2D eigenvalue weighted by Crippen LogP contribution is 2.38. The summed E-state index contributed by atoms with van der Waals surface area (Å²) in [6.45, 7) is 8.46. The minimum absolute atomic E-state index is 0.0678. The van der Waals surface area contributed by atoms with Crippen molar-refractivity contribution >= 4 is 7.12 Å². The zero-order chi connectivity index (χ0) is 12.9. The Bertz CT molecular complexity index is 245. The fourth-order valence-corrected chi connectivity index (χ4v) is 1.85. The largest absolute Gasteiger partial charge is 0.457 e. The van der Waals surface area contributed by atoms with Gasteiger partial charge in [0.05, 0.1) is 17.8 Å². The van der Waals surface area contributed by atoms with E-state index in [1.807, 2.05) is 6.08 Å². The molecule has 1 saturated heterocycles. The molecule has 1 heterocycles. The standard InChI is InChI=1S/C13H25BO3/c1-12(2)13(3,4)17-14(16-12)10-8-6-5-7-9-11-15/h7,9,15H,5-6,8,10-11H2,1-4H3/b9-7+. The normalized spacial score (nSPS) is 22.5. The maximum Gasteiger partial charge on any atom is 0.457 e. The molecular formula is C13H25BO3. The molecule has 0 bridgehead atoms. The molecule has 17 heavy (non-hydrogen) atoms. The lowest BCUT2D eigenvalue weighted by molar-refractivity contribution is 0.00578. The first-order valence-corrected chi connectivity index (χ1v) is 6.50. The molecule has 1 rings (SSSR count). The van der Waals surface area contributed by atoms with E-state index in [0.29, 0.717) is 0 Å². The Labute approximate surface area is 105 Å². The van der Waals surface area contributed by atoms with Crippen molar-refractivity contribution in [2.45, 2.75) is 64.5 Å². The highest BCUT2D eigenvalue weighted by Gasteiger charge is 2.50. The smallest absolute Gasteiger partial charge is 0.403 e. The minimum Gasteiger partial charge on any atom is -0.403 e. The average molecular weight is 240 g/mol. The molecule has 1 fully saturated rings. The van der Waals surface area contributed by atoms with Crippen molar-refractivity contribution in [1.82, 2.24) is 0 Å². The van der Waals surface area contributed by atoms with E-state index in [2.05, 4.69) is 27.7 Å². The van der Waals surface area contributed by atoms with Gasteiger partial charge >= 0.3 is 7.12 Å². The summed E-state index contributed by atoms with van der Waals surface area (Å²) < 4.78 is 11.8. The van der Waals surface area contributed by atoms with Gasteiger partial charge in [0, 0.05) is 0 Å². The molecule has 1 aliphatic rings. The summed E-state index contributed by atoms with van der Waals surface area (Å²) in [5.41, 5.74) is -0.428.